The van der Waals surface area contributed by atoms with Crippen LogP contribution in [0.3, 0.4) is 0 Å². The van der Waals surface area contributed by atoms with Crippen LogP contribution >= 0.6 is 0 Å². The molecule has 4 N–H and O–H groups in total. The SMILES string of the molecule is O=C(N[C@@H]1CCCC[C@H]1OC(=O)c1cc(O)c(C(=O)c2ccccc2)c(O)c1)c1ccc(O)cc1. The van der Waals surface area contributed by atoms with E-state index in [0.717, 1.165) is 25.0 Å². The van der Waals surface area contributed by atoms with Crippen LogP contribution in [0.5, 0.6) is 17.2 Å². The number of ether oxygens (including phenoxy) is 1. The Hall–Kier alpha value is -4.33. The maximum absolute atomic E-state index is 12.8. The fourth-order valence-electron chi connectivity index (χ4n) is 4.17. The van der Waals surface area contributed by atoms with Crippen molar-refractivity contribution in [1.29, 1.82) is 0 Å². The fourth-order valence-corrected chi connectivity index (χ4v) is 4.17. The summed E-state index contributed by atoms with van der Waals surface area (Å²) in [4.78, 5) is 38.1. The summed E-state index contributed by atoms with van der Waals surface area (Å²) in [5, 5.41) is 33.1. The molecule has 2 atom stereocenters. The largest absolute Gasteiger partial charge is 0.508 e. The lowest BCUT2D eigenvalue weighted by Gasteiger charge is -2.31. The normalized spacial score (nSPS) is 17.4. The molecule has 35 heavy (non-hydrogen) atoms. The maximum atomic E-state index is 12.8. The quantitative estimate of drug-likeness (QED) is 0.314. The predicted molar refractivity (Wildman–Crippen MR) is 127 cm³/mol. The molecule has 0 heterocycles. The maximum Gasteiger partial charge on any atom is 0.338 e. The minimum Gasteiger partial charge on any atom is -0.508 e. The van der Waals surface area contributed by atoms with Gasteiger partial charge in [-0.1, -0.05) is 36.8 Å². The molecular weight excluding hydrogens is 450 g/mol. The number of hydrogen-bond donors (Lipinski definition) is 4. The van der Waals surface area contributed by atoms with Crippen molar-refractivity contribution < 1.29 is 34.4 Å². The summed E-state index contributed by atoms with van der Waals surface area (Å²) in [6.07, 6.45) is 2.21. The van der Waals surface area contributed by atoms with E-state index in [1.165, 1.54) is 24.3 Å². The van der Waals surface area contributed by atoms with Crippen LogP contribution in [0, 0.1) is 0 Å². The van der Waals surface area contributed by atoms with Crippen molar-refractivity contribution in [3.05, 3.63) is 89.0 Å². The first-order chi connectivity index (χ1) is 16.8. The Morgan fingerprint density at radius 2 is 1.40 bits per heavy atom. The van der Waals surface area contributed by atoms with E-state index in [1.807, 2.05) is 0 Å². The molecule has 180 valence electrons. The molecule has 1 saturated carbocycles. The Labute approximate surface area is 201 Å². The first kappa shape index (κ1) is 23.8. The monoisotopic (exact) mass is 475 g/mol. The summed E-state index contributed by atoms with van der Waals surface area (Å²) in [6, 6.07) is 15.8. The van der Waals surface area contributed by atoms with Gasteiger partial charge in [-0.15, -0.1) is 0 Å². The van der Waals surface area contributed by atoms with Gasteiger partial charge in [-0.3, -0.25) is 9.59 Å². The number of carbonyl (C=O) groups excluding carboxylic acids is 3. The molecular formula is C27H25NO7. The molecule has 1 fully saturated rings. The standard InChI is InChI=1S/C27H25NO7/c29-19-12-10-17(11-13-19)26(33)28-20-8-4-5-9-23(20)35-27(34)18-14-21(30)24(22(31)15-18)25(32)16-6-2-1-3-7-16/h1-3,6-7,10-15,20,23,29-31H,4-5,8-9H2,(H,28,33)/t20-,23-/m1/s1. The summed E-state index contributed by atoms with van der Waals surface area (Å²) in [5.41, 5.74) is 0.234. The smallest absolute Gasteiger partial charge is 0.338 e. The number of phenolic OH excluding ortho intramolecular Hbond substituents is 3. The van der Waals surface area contributed by atoms with E-state index in [2.05, 4.69) is 5.32 Å². The van der Waals surface area contributed by atoms with Crippen LogP contribution in [0.15, 0.2) is 66.7 Å². The molecule has 0 spiro atoms. The van der Waals surface area contributed by atoms with E-state index in [4.69, 9.17) is 4.74 Å². The highest BCUT2D eigenvalue weighted by Gasteiger charge is 2.31. The molecule has 3 aromatic rings. The zero-order valence-electron chi connectivity index (χ0n) is 18.8. The average Bonchev–Trinajstić information content (AvgIpc) is 2.85. The number of nitrogens with one attached hydrogen (secondary N) is 1. The highest BCUT2D eigenvalue weighted by atomic mass is 16.5. The van der Waals surface area contributed by atoms with Crippen LogP contribution in [-0.2, 0) is 4.74 Å². The van der Waals surface area contributed by atoms with Crippen molar-refractivity contribution in [3.63, 3.8) is 0 Å². The predicted octanol–water partition coefficient (Wildman–Crippen LogP) is 3.93. The van der Waals surface area contributed by atoms with E-state index >= 15 is 0 Å². The Kier molecular flexibility index (Phi) is 7.01. The van der Waals surface area contributed by atoms with E-state index in [9.17, 15) is 29.7 Å². The van der Waals surface area contributed by atoms with Crippen molar-refractivity contribution in [2.45, 2.75) is 37.8 Å². The molecule has 1 aliphatic carbocycles. The highest BCUT2D eigenvalue weighted by Crippen LogP contribution is 2.32. The number of hydrogen-bond acceptors (Lipinski definition) is 7. The molecule has 1 aliphatic rings. The zero-order valence-corrected chi connectivity index (χ0v) is 18.8. The van der Waals surface area contributed by atoms with Crippen LogP contribution in [0.4, 0.5) is 0 Å². The summed E-state index contributed by atoms with van der Waals surface area (Å²) in [7, 11) is 0. The first-order valence-corrected chi connectivity index (χ1v) is 11.3. The molecule has 0 saturated heterocycles. The number of benzene rings is 3. The van der Waals surface area contributed by atoms with Gasteiger partial charge in [-0.2, -0.15) is 0 Å². The number of carbonyl (C=O) groups is 3. The van der Waals surface area contributed by atoms with Crippen LogP contribution in [-0.4, -0.2) is 45.1 Å². The van der Waals surface area contributed by atoms with Crippen molar-refractivity contribution in [2.24, 2.45) is 0 Å². The molecule has 0 bridgehead atoms. The first-order valence-electron chi connectivity index (χ1n) is 11.3. The molecule has 4 rings (SSSR count). The summed E-state index contributed by atoms with van der Waals surface area (Å²) < 4.78 is 5.64. The fraction of sp³-hybridized carbons (Fsp3) is 0.222. The molecule has 8 nitrogen and oxygen atoms in total. The number of amides is 1. The van der Waals surface area contributed by atoms with E-state index < -0.39 is 35.4 Å². The lowest BCUT2D eigenvalue weighted by molar-refractivity contribution is 0.00996. The molecule has 3 aromatic carbocycles. The van der Waals surface area contributed by atoms with Gasteiger partial charge in [0, 0.05) is 11.1 Å². The Bertz CT molecular complexity index is 1220. The van der Waals surface area contributed by atoms with Gasteiger partial charge < -0.3 is 25.4 Å². The highest BCUT2D eigenvalue weighted by molar-refractivity contribution is 6.13. The van der Waals surface area contributed by atoms with Crippen molar-refractivity contribution in [2.75, 3.05) is 0 Å². The third kappa shape index (κ3) is 5.43. The minimum atomic E-state index is -0.787. The van der Waals surface area contributed by atoms with Gasteiger partial charge in [0.1, 0.15) is 28.9 Å². The third-order valence-corrected chi connectivity index (χ3v) is 6.00. The van der Waals surface area contributed by atoms with Gasteiger partial charge in [0.2, 0.25) is 0 Å². The molecule has 1 amide bonds. The van der Waals surface area contributed by atoms with Crippen LogP contribution in [0.1, 0.15) is 62.3 Å². The number of esters is 1. The second-order valence-corrected chi connectivity index (χ2v) is 8.44. The van der Waals surface area contributed by atoms with E-state index in [0.29, 0.717) is 18.4 Å². The second kappa shape index (κ2) is 10.3. The minimum absolute atomic E-state index is 0.0500. The Morgan fingerprint density at radius 1 is 0.771 bits per heavy atom. The number of phenols is 3. The van der Waals surface area contributed by atoms with Crippen molar-refractivity contribution >= 4 is 17.7 Å². The van der Waals surface area contributed by atoms with Gasteiger partial charge in [0.15, 0.2) is 5.78 Å². The number of aromatic hydroxyl groups is 3. The Balaban J connectivity index is 1.48. The lowest BCUT2D eigenvalue weighted by atomic mass is 9.92. The van der Waals surface area contributed by atoms with Gasteiger partial charge in [0.25, 0.3) is 5.91 Å². The molecule has 0 radical (unpaired) electrons. The number of rotatable bonds is 6. The number of ketones is 1. The van der Waals surface area contributed by atoms with E-state index in [-0.39, 0.29) is 28.3 Å². The summed E-state index contributed by atoms with van der Waals surface area (Å²) in [6.45, 7) is 0. The van der Waals surface area contributed by atoms with Gasteiger partial charge in [-0.05, 0) is 55.7 Å². The van der Waals surface area contributed by atoms with Gasteiger partial charge in [-0.25, -0.2) is 4.79 Å². The zero-order chi connectivity index (χ0) is 24.9. The van der Waals surface area contributed by atoms with E-state index in [1.54, 1.807) is 30.3 Å². The average molecular weight is 475 g/mol. The van der Waals surface area contributed by atoms with Crippen molar-refractivity contribution in [1.82, 2.24) is 5.32 Å². The van der Waals surface area contributed by atoms with Gasteiger partial charge >= 0.3 is 5.97 Å². The van der Waals surface area contributed by atoms with Gasteiger partial charge in [0.05, 0.1) is 11.6 Å². The third-order valence-electron chi connectivity index (χ3n) is 6.00. The van der Waals surface area contributed by atoms with Crippen molar-refractivity contribution in [3.8, 4) is 17.2 Å². The molecule has 0 unspecified atom stereocenters. The second-order valence-electron chi connectivity index (χ2n) is 8.44. The lowest BCUT2D eigenvalue weighted by Crippen LogP contribution is -2.47. The molecule has 0 aliphatic heterocycles. The summed E-state index contributed by atoms with van der Waals surface area (Å²) >= 11 is 0. The van der Waals surface area contributed by atoms with Crippen LogP contribution in [0.2, 0.25) is 0 Å². The molecule has 0 aromatic heterocycles. The Morgan fingerprint density at radius 3 is 2.06 bits per heavy atom. The van der Waals surface area contributed by atoms with Crippen LogP contribution in [0.25, 0.3) is 0 Å². The molecule has 8 heteroatoms. The topological polar surface area (TPSA) is 133 Å². The van der Waals surface area contributed by atoms with Crippen LogP contribution < -0.4 is 5.32 Å². The summed E-state index contributed by atoms with van der Waals surface area (Å²) in [5.74, 6) is -2.74.